The molecule has 0 spiro atoms. The van der Waals surface area contributed by atoms with Gasteiger partial charge < -0.3 is 10.6 Å². The Kier molecular flexibility index (Phi) is 5.69. The first kappa shape index (κ1) is 20.5. The average molecular weight is 426 g/mol. The van der Waals surface area contributed by atoms with Crippen LogP contribution < -0.4 is 10.6 Å². The van der Waals surface area contributed by atoms with Crippen molar-refractivity contribution in [3.63, 3.8) is 0 Å². The molecule has 0 atom stereocenters. The van der Waals surface area contributed by atoms with Gasteiger partial charge in [0.2, 0.25) is 0 Å². The van der Waals surface area contributed by atoms with Crippen molar-refractivity contribution in [3.8, 4) is 11.3 Å². The van der Waals surface area contributed by atoms with E-state index in [-0.39, 0.29) is 28.6 Å². The van der Waals surface area contributed by atoms with Crippen molar-refractivity contribution in [2.45, 2.75) is 26.6 Å². The van der Waals surface area contributed by atoms with Crippen LogP contribution in [0.15, 0.2) is 24.4 Å². The van der Waals surface area contributed by atoms with Crippen molar-refractivity contribution in [1.82, 2.24) is 30.7 Å². The van der Waals surface area contributed by atoms with E-state index in [0.29, 0.717) is 16.9 Å². The Bertz CT molecular complexity index is 1050. The molecule has 0 radical (unpaired) electrons. The zero-order valence-electron chi connectivity index (χ0n) is 15.2. The molecule has 0 aliphatic carbocycles. The molecule has 0 aliphatic heterocycles. The number of amides is 2. The zero-order chi connectivity index (χ0) is 21.2. The van der Waals surface area contributed by atoms with Gasteiger partial charge in [-0.05, 0) is 37.6 Å². The summed E-state index contributed by atoms with van der Waals surface area (Å²) in [6.45, 7) is 3.11. The molecule has 0 bridgehead atoms. The number of urea groups is 1. The maximum absolute atomic E-state index is 13.2. The van der Waals surface area contributed by atoms with Gasteiger partial charge in [0, 0.05) is 17.6 Å². The summed E-state index contributed by atoms with van der Waals surface area (Å²) in [5, 5.41) is 18.9. The number of nitrogens with one attached hydrogen (secondary N) is 3. The van der Waals surface area contributed by atoms with E-state index in [4.69, 9.17) is 11.6 Å². The van der Waals surface area contributed by atoms with Gasteiger partial charge in [0.05, 0.1) is 23.5 Å². The number of rotatable bonds is 4. The second-order valence-electron chi connectivity index (χ2n) is 6.11. The van der Waals surface area contributed by atoms with Crippen molar-refractivity contribution in [2.75, 3.05) is 5.32 Å². The number of carbonyl (C=O) groups excluding carboxylic acids is 1. The zero-order valence-corrected chi connectivity index (χ0v) is 16.0. The minimum absolute atomic E-state index is 0.0231. The highest BCUT2D eigenvalue weighted by Crippen LogP contribution is 2.37. The highest BCUT2D eigenvalue weighted by atomic mass is 35.5. The van der Waals surface area contributed by atoms with Crippen molar-refractivity contribution < 1.29 is 18.0 Å². The van der Waals surface area contributed by atoms with Crippen LogP contribution in [-0.2, 0) is 12.7 Å². The Hall–Kier alpha value is -3.21. The van der Waals surface area contributed by atoms with Crippen molar-refractivity contribution in [3.05, 3.63) is 52.2 Å². The number of H-pyrrole nitrogens is 1. The Morgan fingerprint density at radius 3 is 2.66 bits per heavy atom. The molecule has 0 unspecified atom stereocenters. The lowest BCUT2D eigenvalue weighted by atomic mass is 10.0. The minimum atomic E-state index is -4.62. The quantitative estimate of drug-likeness (QED) is 0.550. The molecule has 12 heteroatoms. The molecule has 0 saturated heterocycles. The molecule has 3 aromatic heterocycles. The lowest BCUT2D eigenvalue weighted by Gasteiger charge is -2.11. The third-order valence-corrected chi connectivity index (χ3v) is 4.11. The second kappa shape index (κ2) is 8.03. The molecule has 8 nitrogen and oxygen atoms in total. The number of aromatic nitrogens is 5. The molecule has 152 valence electrons. The monoisotopic (exact) mass is 425 g/mol. The van der Waals surface area contributed by atoms with Crippen LogP contribution in [0.1, 0.15) is 22.6 Å². The van der Waals surface area contributed by atoms with E-state index in [1.54, 1.807) is 19.1 Å². The number of anilines is 1. The predicted molar refractivity (Wildman–Crippen MR) is 99.2 cm³/mol. The summed E-state index contributed by atoms with van der Waals surface area (Å²) >= 11 is 5.75. The molecule has 2 amide bonds. The first-order valence-electron chi connectivity index (χ1n) is 8.27. The summed E-state index contributed by atoms with van der Waals surface area (Å²) in [4.78, 5) is 15.8. The molecule has 0 aromatic carbocycles. The number of aromatic amines is 1. The lowest BCUT2D eigenvalue weighted by molar-refractivity contribution is -0.140. The maximum atomic E-state index is 13.2. The summed E-state index contributed by atoms with van der Waals surface area (Å²) < 4.78 is 39.5. The van der Waals surface area contributed by atoms with Crippen molar-refractivity contribution in [2.24, 2.45) is 0 Å². The number of nitrogens with zero attached hydrogens (tertiary/aromatic N) is 4. The highest BCUT2D eigenvalue weighted by molar-refractivity contribution is 6.29. The lowest BCUT2D eigenvalue weighted by Crippen LogP contribution is -2.28. The molecule has 3 rings (SSSR count). The van der Waals surface area contributed by atoms with Gasteiger partial charge in [0.15, 0.2) is 5.69 Å². The Labute approximate surface area is 167 Å². The van der Waals surface area contributed by atoms with Gasteiger partial charge in [-0.15, -0.1) is 5.10 Å². The minimum Gasteiger partial charge on any atom is -0.332 e. The largest absolute Gasteiger partial charge is 0.435 e. The van der Waals surface area contributed by atoms with E-state index >= 15 is 0 Å². The Balaban J connectivity index is 1.72. The number of carbonyl (C=O) groups is 1. The van der Waals surface area contributed by atoms with Crippen LogP contribution in [0.3, 0.4) is 0 Å². The van der Waals surface area contributed by atoms with Crippen LogP contribution in [0.4, 0.5) is 23.7 Å². The summed E-state index contributed by atoms with van der Waals surface area (Å²) in [6.07, 6.45) is -3.18. The molecule has 29 heavy (non-hydrogen) atoms. The topological polar surface area (TPSA) is 108 Å². The number of alkyl halides is 3. The van der Waals surface area contributed by atoms with Gasteiger partial charge >= 0.3 is 12.2 Å². The van der Waals surface area contributed by atoms with E-state index in [2.05, 4.69) is 36.0 Å². The van der Waals surface area contributed by atoms with E-state index in [0.717, 1.165) is 0 Å². The maximum Gasteiger partial charge on any atom is 0.435 e. The predicted octanol–water partition coefficient (Wildman–Crippen LogP) is 3.87. The summed E-state index contributed by atoms with van der Waals surface area (Å²) in [5.41, 5.74) is 0.411. The molecular weight excluding hydrogens is 411 g/mol. The number of hydrogen-bond acceptors (Lipinski definition) is 5. The smallest absolute Gasteiger partial charge is 0.332 e. The molecule has 0 fully saturated rings. The van der Waals surface area contributed by atoms with Crippen molar-refractivity contribution >= 4 is 23.3 Å². The Morgan fingerprint density at radius 2 is 2.00 bits per heavy atom. The van der Waals surface area contributed by atoms with E-state index in [1.165, 1.54) is 19.2 Å². The van der Waals surface area contributed by atoms with Crippen LogP contribution in [0, 0.1) is 13.8 Å². The van der Waals surface area contributed by atoms with Gasteiger partial charge in [-0.2, -0.15) is 23.4 Å². The SMILES string of the molecule is Cc1cc(CNC(=O)Nc2ccnc(Cl)c2)nnc1-c1c(C(F)(F)F)n[nH]c1C. The summed E-state index contributed by atoms with van der Waals surface area (Å²) in [7, 11) is 0. The molecular formula is C17H15ClF3N7O. The van der Waals surface area contributed by atoms with Crippen LogP contribution in [0.25, 0.3) is 11.3 Å². The normalized spacial score (nSPS) is 11.4. The molecule has 3 heterocycles. The second-order valence-corrected chi connectivity index (χ2v) is 6.50. The van der Waals surface area contributed by atoms with E-state index < -0.39 is 17.9 Å². The Morgan fingerprint density at radius 1 is 1.24 bits per heavy atom. The van der Waals surface area contributed by atoms with Crippen molar-refractivity contribution in [1.29, 1.82) is 0 Å². The third-order valence-electron chi connectivity index (χ3n) is 3.90. The average Bonchev–Trinajstić information content (AvgIpc) is 3.02. The fourth-order valence-electron chi connectivity index (χ4n) is 2.62. The molecule has 3 aromatic rings. The van der Waals surface area contributed by atoms with Crippen LogP contribution in [0.5, 0.6) is 0 Å². The van der Waals surface area contributed by atoms with Crippen LogP contribution >= 0.6 is 11.6 Å². The number of hydrogen-bond donors (Lipinski definition) is 3. The van der Waals surface area contributed by atoms with E-state index in [1.807, 2.05) is 0 Å². The summed E-state index contributed by atoms with van der Waals surface area (Å²) in [6, 6.07) is 4.08. The fourth-order valence-corrected chi connectivity index (χ4v) is 2.80. The number of halogens is 4. The van der Waals surface area contributed by atoms with Gasteiger partial charge in [0.25, 0.3) is 0 Å². The van der Waals surface area contributed by atoms with Gasteiger partial charge in [-0.25, -0.2) is 9.78 Å². The molecule has 3 N–H and O–H groups in total. The first-order chi connectivity index (χ1) is 13.6. The molecule has 0 saturated carbocycles. The number of pyridine rings is 1. The van der Waals surface area contributed by atoms with Gasteiger partial charge in [0.1, 0.15) is 5.15 Å². The summed E-state index contributed by atoms with van der Waals surface area (Å²) in [5.74, 6) is 0. The molecule has 0 aliphatic rings. The first-order valence-corrected chi connectivity index (χ1v) is 8.65. The van der Waals surface area contributed by atoms with Gasteiger partial charge in [-0.1, -0.05) is 11.6 Å². The van der Waals surface area contributed by atoms with Crippen LogP contribution in [0.2, 0.25) is 5.15 Å². The standard InChI is InChI=1S/C17H15ClF3N7O/c1-8-5-11(7-23-16(29)24-10-3-4-22-12(18)6-10)26-27-14(8)13-9(2)25-28-15(13)17(19,20)21/h3-6H,7H2,1-2H3,(H,25,28)(H2,22,23,24,29). The highest BCUT2D eigenvalue weighted by Gasteiger charge is 2.38. The number of aryl methyl sites for hydroxylation is 2. The third kappa shape index (κ3) is 4.80. The van der Waals surface area contributed by atoms with Crippen LogP contribution in [-0.4, -0.2) is 31.4 Å². The van der Waals surface area contributed by atoms with Gasteiger partial charge in [-0.3, -0.25) is 5.10 Å². The van der Waals surface area contributed by atoms with E-state index in [9.17, 15) is 18.0 Å². The fraction of sp³-hybridized carbons (Fsp3) is 0.235.